The first-order chi connectivity index (χ1) is 9.27. The number of carbonyl (C=O) groups is 2. The summed E-state index contributed by atoms with van der Waals surface area (Å²) < 4.78 is 0. The molecule has 20 heavy (non-hydrogen) atoms. The molecule has 108 valence electrons. The van der Waals surface area contributed by atoms with Crippen molar-refractivity contribution >= 4 is 17.5 Å². The standard InChI is InChI=1S/C16H22N2O2/c1-6-12-14(19)17-16(4,5)15(20)18(12)13-8-7-10(2)9-11(13)3/h7-9,12H,6H2,1-5H3,(H,17,19). The van der Waals surface area contributed by atoms with Gasteiger partial charge in [-0.05, 0) is 45.7 Å². The molecule has 1 aromatic rings. The fourth-order valence-corrected chi connectivity index (χ4v) is 2.73. The highest BCUT2D eigenvalue weighted by molar-refractivity contribution is 6.10. The fourth-order valence-electron chi connectivity index (χ4n) is 2.73. The van der Waals surface area contributed by atoms with Crippen molar-refractivity contribution in [2.75, 3.05) is 4.90 Å². The zero-order valence-corrected chi connectivity index (χ0v) is 12.8. The molecule has 1 aromatic carbocycles. The highest BCUT2D eigenvalue weighted by atomic mass is 16.2. The van der Waals surface area contributed by atoms with E-state index in [1.807, 2.05) is 39.0 Å². The third-order valence-corrected chi connectivity index (χ3v) is 3.80. The SMILES string of the molecule is CCC1C(=O)NC(C)(C)C(=O)N1c1ccc(C)cc1C. The summed E-state index contributed by atoms with van der Waals surface area (Å²) >= 11 is 0. The Morgan fingerprint density at radius 2 is 1.90 bits per heavy atom. The van der Waals surface area contributed by atoms with Crippen molar-refractivity contribution in [1.82, 2.24) is 5.32 Å². The number of hydrogen-bond acceptors (Lipinski definition) is 2. The topological polar surface area (TPSA) is 49.4 Å². The molecule has 0 radical (unpaired) electrons. The molecule has 1 heterocycles. The molecule has 1 atom stereocenters. The van der Waals surface area contributed by atoms with Gasteiger partial charge in [0.2, 0.25) is 5.91 Å². The number of rotatable bonds is 2. The van der Waals surface area contributed by atoms with Crippen molar-refractivity contribution in [3.05, 3.63) is 29.3 Å². The van der Waals surface area contributed by atoms with Crippen LogP contribution in [0.5, 0.6) is 0 Å². The number of hydrogen-bond donors (Lipinski definition) is 1. The summed E-state index contributed by atoms with van der Waals surface area (Å²) in [6.07, 6.45) is 0.598. The Hall–Kier alpha value is -1.84. The summed E-state index contributed by atoms with van der Waals surface area (Å²) in [5.74, 6) is -0.145. The molecule has 2 amide bonds. The Kier molecular flexibility index (Phi) is 3.59. The summed E-state index contributed by atoms with van der Waals surface area (Å²) in [7, 11) is 0. The van der Waals surface area contributed by atoms with E-state index in [9.17, 15) is 9.59 Å². The van der Waals surface area contributed by atoms with Crippen LogP contribution in [-0.2, 0) is 9.59 Å². The van der Waals surface area contributed by atoms with Crippen LogP contribution in [0.4, 0.5) is 5.69 Å². The first-order valence-electron chi connectivity index (χ1n) is 7.01. The lowest BCUT2D eigenvalue weighted by atomic mass is 9.94. The average molecular weight is 274 g/mol. The monoisotopic (exact) mass is 274 g/mol. The zero-order chi connectivity index (χ0) is 15.1. The van der Waals surface area contributed by atoms with Crippen molar-refractivity contribution in [2.45, 2.75) is 52.6 Å². The number of anilines is 1. The third kappa shape index (κ3) is 2.30. The van der Waals surface area contributed by atoms with E-state index in [-0.39, 0.29) is 11.8 Å². The lowest BCUT2D eigenvalue weighted by Crippen LogP contribution is -2.68. The van der Waals surface area contributed by atoms with Gasteiger partial charge in [0.1, 0.15) is 11.6 Å². The van der Waals surface area contributed by atoms with E-state index in [1.54, 1.807) is 18.7 Å². The number of aryl methyl sites for hydroxylation is 2. The summed E-state index contributed by atoms with van der Waals surface area (Å²) in [5.41, 5.74) is 2.13. The second kappa shape index (κ2) is 4.93. The summed E-state index contributed by atoms with van der Waals surface area (Å²) in [4.78, 5) is 26.6. The maximum atomic E-state index is 12.7. The Morgan fingerprint density at radius 3 is 2.45 bits per heavy atom. The second-order valence-electron chi connectivity index (χ2n) is 6.00. The van der Waals surface area contributed by atoms with Crippen LogP contribution in [-0.4, -0.2) is 23.4 Å². The Labute approximate surface area is 120 Å². The van der Waals surface area contributed by atoms with Crippen molar-refractivity contribution in [3.63, 3.8) is 0 Å². The molecule has 2 rings (SSSR count). The van der Waals surface area contributed by atoms with Gasteiger partial charge in [0.05, 0.1) is 0 Å². The van der Waals surface area contributed by atoms with E-state index in [0.717, 1.165) is 16.8 Å². The fraction of sp³-hybridized carbons (Fsp3) is 0.500. The highest BCUT2D eigenvalue weighted by Crippen LogP contribution is 2.29. The van der Waals surface area contributed by atoms with Crippen molar-refractivity contribution in [1.29, 1.82) is 0 Å². The average Bonchev–Trinajstić information content (AvgIpc) is 2.34. The maximum Gasteiger partial charge on any atom is 0.252 e. The van der Waals surface area contributed by atoms with Crippen LogP contribution in [0.3, 0.4) is 0 Å². The van der Waals surface area contributed by atoms with E-state index in [0.29, 0.717) is 6.42 Å². The molecule has 1 N–H and O–H groups in total. The summed E-state index contributed by atoms with van der Waals surface area (Å²) in [6, 6.07) is 5.51. The number of piperazine rings is 1. The van der Waals surface area contributed by atoms with Gasteiger partial charge in [-0.3, -0.25) is 14.5 Å². The molecule has 1 aliphatic heterocycles. The van der Waals surface area contributed by atoms with Crippen molar-refractivity contribution in [2.24, 2.45) is 0 Å². The molecule has 0 spiro atoms. The van der Waals surface area contributed by atoms with Crippen LogP contribution in [0, 0.1) is 13.8 Å². The van der Waals surface area contributed by atoms with E-state index < -0.39 is 11.6 Å². The predicted octanol–water partition coefficient (Wildman–Crippen LogP) is 2.32. The molecule has 4 heteroatoms. The summed E-state index contributed by atoms with van der Waals surface area (Å²) in [5, 5.41) is 2.81. The molecular weight excluding hydrogens is 252 g/mol. The van der Waals surface area contributed by atoms with Gasteiger partial charge in [-0.2, -0.15) is 0 Å². The molecule has 0 aliphatic carbocycles. The number of benzene rings is 1. The molecule has 0 aromatic heterocycles. The summed E-state index contributed by atoms with van der Waals surface area (Å²) in [6.45, 7) is 9.41. The molecule has 4 nitrogen and oxygen atoms in total. The van der Waals surface area contributed by atoms with Gasteiger partial charge >= 0.3 is 0 Å². The van der Waals surface area contributed by atoms with Crippen molar-refractivity contribution < 1.29 is 9.59 Å². The van der Waals surface area contributed by atoms with Crippen LogP contribution >= 0.6 is 0 Å². The molecule has 1 fully saturated rings. The molecule has 0 saturated carbocycles. The van der Waals surface area contributed by atoms with Crippen LogP contribution in [0.2, 0.25) is 0 Å². The second-order valence-corrected chi connectivity index (χ2v) is 6.00. The Balaban J connectivity index is 2.54. The predicted molar refractivity (Wildman–Crippen MR) is 79.7 cm³/mol. The Morgan fingerprint density at radius 1 is 1.25 bits per heavy atom. The van der Waals surface area contributed by atoms with Gasteiger partial charge in [0.25, 0.3) is 5.91 Å². The van der Waals surface area contributed by atoms with Crippen molar-refractivity contribution in [3.8, 4) is 0 Å². The lowest BCUT2D eigenvalue weighted by molar-refractivity contribution is -0.137. The van der Waals surface area contributed by atoms with E-state index in [1.165, 1.54) is 0 Å². The minimum atomic E-state index is -0.861. The van der Waals surface area contributed by atoms with Gasteiger partial charge in [-0.1, -0.05) is 24.6 Å². The van der Waals surface area contributed by atoms with Gasteiger partial charge in [0, 0.05) is 5.69 Å². The van der Waals surface area contributed by atoms with Gasteiger partial charge in [0.15, 0.2) is 0 Å². The van der Waals surface area contributed by atoms with Gasteiger partial charge in [-0.25, -0.2) is 0 Å². The van der Waals surface area contributed by atoms with Crippen LogP contribution in [0.25, 0.3) is 0 Å². The van der Waals surface area contributed by atoms with E-state index in [2.05, 4.69) is 5.32 Å². The van der Waals surface area contributed by atoms with Gasteiger partial charge < -0.3 is 5.32 Å². The largest absolute Gasteiger partial charge is 0.340 e. The molecule has 1 aliphatic rings. The van der Waals surface area contributed by atoms with Crippen LogP contribution in [0.15, 0.2) is 18.2 Å². The third-order valence-electron chi connectivity index (χ3n) is 3.80. The Bertz CT molecular complexity index is 564. The first kappa shape index (κ1) is 14.6. The molecule has 1 unspecified atom stereocenters. The van der Waals surface area contributed by atoms with E-state index >= 15 is 0 Å². The van der Waals surface area contributed by atoms with Gasteiger partial charge in [-0.15, -0.1) is 0 Å². The van der Waals surface area contributed by atoms with Crippen LogP contribution in [0.1, 0.15) is 38.3 Å². The first-order valence-corrected chi connectivity index (χ1v) is 7.01. The smallest absolute Gasteiger partial charge is 0.252 e. The normalized spacial score (nSPS) is 21.9. The lowest BCUT2D eigenvalue weighted by Gasteiger charge is -2.43. The molecular formula is C16H22N2O2. The number of nitrogens with one attached hydrogen (secondary N) is 1. The number of carbonyl (C=O) groups excluding carboxylic acids is 2. The number of amides is 2. The maximum absolute atomic E-state index is 12.7. The molecule has 0 bridgehead atoms. The minimum Gasteiger partial charge on any atom is -0.340 e. The molecule has 1 saturated heterocycles. The quantitative estimate of drug-likeness (QED) is 0.899. The van der Waals surface area contributed by atoms with Crippen LogP contribution < -0.4 is 10.2 Å². The zero-order valence-electron chi connectivity index (χ0n) is 12.8. The number of nitrogens with zero attached hydrogens (tertiary/aromatic N) is 1. The minimum absolute atomic E-state index is 0.0593. The van der Waals surface area contributed by atoms with E-state index in [4.69, 9.17) is 0 Å². The highest BCUT2D eigenvalue weighted by Gasteiger charge is 2.45.